The second-order valence-electron chi connectivity index (χ2n) is 10.7. The molecule has 39 heavy (non-hydrogen) atoms. The molecule has 6 rings (SSSR count). The van der Waals surface area contributed by atoms with Gasteiger partial charge in [-0.15, -0.1) is 0 Å². The molecule has 3 aromatic heterocycles. The minimum absolute atomic E-state index is 0.0932. The van der Waals surface area contributed by atoms with Gasteiger partial charge in [-0.2, -0.15) is 10.1 Å². The second kappa shape index (κ2) is 10.1. The first-order chi connectivity index (χ1) is 18.8. The van der Waals surface area contributed by atoms with Gasteiger partial charge in [-0.3, -0.25) is 9.48 Å². The number of ether oxygens (including phenoxy) is 3. The number of hydrogen-bond acceptors (Lipinski definition) is 7. The van der Waals surface area contributed by atoms with Crippen LogP contribution in [0.25, 0.3) is 11.3 Å². The van der Waals surface area contributed by atoms with Gasteiger partial charge in [-0.05, 0) is 37.6 Å². The maximum absolute atomic E-state index is 13.5. The van der Waals surface area contributed by atoms with Gasteiger partial charge in [0.15, 0.2) is 0 Å². The van der Waals surface area contributed by atoms with Gasteiger partial charge < -0.3 is 19.5 Å². The quantitative estimate of drug-likeness (QED) is 0.347. The summed E-state index contributed by atoms with van der Waals surface area (Å²) < 4.78 is 20.0. The number of aromatic nitrogens is 4. The van der Waals surface area contributed by atoms with Crippen LogP contribution in [0.15, 0.2) is 67.0 Å². The van der Waals surface area contributed by atoms with Crippen molar-refractivity contribution in [3.63, 3.8) is 0 Å². The number of anilines is 1. The van der Waals surface area contributed by atoms with E-state index in [1.807, 2.05) is 63.5 Å². The highest BCUT2D eigenvalue weighted by molar-refractivity contribution is 6.05. The first kappa shape index (κ1) is 25.1. The third kappa shape index (κ3) is 5.63. The Balaban J connectivity index is 1.17. The lowest BCUT2D eigenvalue weighted by Gasteiger charge is -2.35. The lowest BCUT2D eigenvalue weighted by atomic mass is 9.92. The Hall–Kier alpha value is -4.24. The fraction of sp³-hybridized carbons (Fsp3) is 0.333. The van der Waals surface area contributed by atoms with Gasteiger partial charge in [-0.1, -0.05) is 36.4 Å². The number of hydrogen-bond donors (Lipinski definition) is 1. The Bertz CT molecular complexity index is 1490. The van der Waals surface area contributed by atoms with Crippen molar-refractivity contribution in [1.29, 1.82) is 0 Å². The molecule has 0 spiro atoms. The van der Waals surface area contributed by atoms with Crippen molar-refractivity contribution in [2.75, 3.05) is 5.32 Å². The van der Waals surface area contributed by atoms with Crippen LogP contribution >= 0.6 is 0 Å². The Morgan fingerprint density at radius 2 is 1.92 bits per heavy atom. The van der Waals surface area contributed by atoms with Crippen molar-refractivity contribution >= 4 is 11.7 Å². The van der Waals surface area contributed by atoms with E-state index in [9.17, 15) is 4.79 Å². The van der Waals surface area contributed by atoms with E-state index in [2.05, 4.69) is 32.5 Å². The number of carbonyl (C=O) groups is 1. The zero-order valence-electron chi connectivity index (χ0n) is 22.3. The van der Waals surface area contributed by atoms with Crippen molar-refractivity contribution in [1.82, 2.24) is 19.7 Å². The summed E-state index contributed by atoms with van der Waals surface area (Å²) >= 11 is 0. The average molecular weight is 526 g/mol. The van der Waals surface area contributed by atoms with Crippen LogP contribution in [0, 0.1) is 0 Å². The molecule has 1 N–H and O–H groups in total. The van der Waals surface area contributed by atoms with Crippen molar-refractivity contribution in [3.8, 4) is 23.0 Å². The molecule has 1 aliphatic heterocycles. The number of nitrogens with zero attached hydrogens (tertiary/aromatic N) is 4. The lowest BCUT2D eigenvalue weighted by Crippen LogP contribution is -2.40. The van der Waals surface area contributed by atoms with Gasteiger partial charge in [0.1, 0.15) is 23.1 Å². The van der Waals surface area contributed by atoms with E-state index >= 15 is 0 Å². The highest BCUT2D eigenvalue weighted by Gasteiger charge is 2.36. The highest BCUT2D eigenvalue weighted by atomic mass is 16.5. The Labute approximate surface area is 227 Å². The summed E-state index contributed by atoms with van der Waals surface area (Å²) in [5, 5.41) is 7.13. The summed E-state index contributed by atoms with van der Waals surface area (Å²) in [6, 6.07) is 17.4. The number of rotatable bonds is 8. The van der Waals surface area contributed by atoms with Gasteiger partial charge in [-0.25, -0.2) is 4.98 Å². The van der Waals surface area contributed by atoms with Crippen molar-refractivity contribution < 1.29 is 19.0 Å². The lowest BCUT2D eigenvalue weighted by molar-refractivity contribution is -0.0697. The van der Waals surface area contributed by atoms with Crippen LogP contribution in [0.1, 0.15) is 48.2 Å². The monoisotopic (exact) mass is 525 g/mol. The normalized spacial score (nSPS) is 19.1. The topological polar surface area (TPSA) is 100 Å². The third-order valence-electron chi connectivity index (χ3n) is 6.91. The van der Waals surface area contributed by atoms with E-state index < -0.39 is 5.60 Å². The van der Waals surface area contributed by atoms with Gasteiger partial charge >= 0.3 is 0 Å². The van der Waals surface area contributed by atoms with Gasteiger partial charge in [0.05, 0.1) is 24.6 Å². The Kier molecular flexibility index (Phi) is 6.52. The van der Waals surface area contributed by atoms with Crippen LogP contribution in [0.2, 0.25) is 0 Å². The molecule has 1 amide bonds. The van der Waals surface area contributed by atoms with Gasteiger partial charge in [0, 0.05) is 43.6 Å². The summed E-state index contributed by atoms with van der Waals surface area (Å²) in [5.74, 6) is 0.873. The minimum atomic E-state index is -0.395. The molecule has 1 aromatic carbocycles. The summed E-state index contributed by atoms with van der Waals surface area (Å²) in [4.78, 5) is 22.8. The first-order valence-electron chi connectivity index (χ1n) is 13.1. The number of fused-ring (bicyclic) bond motifs is 1. The smallest absolute Gasteiger partial charge is 0.262 e. The van der Waals surface area contributed by atoms with Crippen LogP contribution in [0.5, 0.6) is 11.8 Å². The zero-order valence-corrected chi connectivity index (χ0v) is 22.3. The van der Waals surface area contributed by atoms with Crippen molar-refractivity contribution in [2.24, 2.45) is 7.05 Å². The largest absolute Gasteiger partial charge is 0.473 e. The molecule has 1 saturated carbocycles. The molecule has 9 heteroatoms. The standard InChI is InChI=1S/C30H31N5O4/c1-30(2)15-20-12-24(27(36)33-26-11-7-10-25(32-26)21-16-31-35(3)17-21)29(34-28(20)39-30)38-23-13-22(14-23)37-18-19-8-5-4-6-9-19/h4-12,16-17,22-23H,13-15,18H2,1-3H3,(H,32,33,36)/t22-,23-. The fourth-order valence-electron chi connectivity index (χ4n) is 4.84. The van der Waals surface area contributed by atoms with Gasteiger partial charge in [0.2, 0.25) is 11.8 Å². The Morgan fingerprint density at radius 3 is 2.69 bits per heavy atom. The van der Waals surface area contributed by atoms with E-state index in [1.54, 1.807) is 16.9 Å². The SMILES string of the molecule is Cn1cc(-c2cccc(NC(=O)c3cc4c(nc3O[C@H]3C[C@H](OCc5ccccc5)C3)OC(C)(C)C4)n2)cn1. The molecule has 2 aliphatic rings. The highest BCUT2D eigenvalue weighted by Crippen LogP contribution is 2.38. The number of pyridine rings is 2. The summed E-state index contributed by atoms with van der Waals surface area (Å²) in [6.07, 6.45) is 5.74. The van der Waals surface area contributed by atoms with E-state index in [0.717, 1.165) is 35.2 Å². The van der Waals surface area contributed by atoms with Crippen LogP contribution in [0.4, 0.5) is 5.82 Å². The van der Waals surface area contributed by atoms with E-state index in [-0.39, 0.29) is 24.0 Å². The molecule has 4 aromatic rings. The maximum Gasteiger partial charge on any atom is 0.262 e. The predicted molar refractivity (Wildman–Crippen MR) is 146 cm³/mol. The average Bonchev–Trinajstić information content (AvgIpc) is 3.46. The minimum Gasteiger partial charge on any atom is -0.473 e. The zero-order chi connectivity index (χ0) is 27.0. The molecular weight excluding hydrogens is 494 g/mol. The van der Waals surface area contributed by atoms with Gasteiger partial charge in [0.25, 0.3) is 5.91 Å². The molecule has 0 unspecified atom stereocenters. The summed E-state index contributed by atoms with van der Waals surface area (Å²) in [6.45, 7) is 4.57. The molecule has 1 fully saturated rings. The van der Waals surface area contributed by atoms with Crippen LogP contribution in [-0.2, 0) is 24.8 Å². The second-order valence-corrected chi connectivity index (χ2v) is 10.7. The molecule has 0 atom stereocenters. The third-order valence-corrected chi connectivity index (χ3v) is 6.91. The predicted octanol–water partition coefficient (Wildman–Crippen LogP) is 4.97. The Morgan fingerprint density at radius 1 is 1.10 bits per heavy atom. The van der Waals surface area contributed by atoms with Crippen molar-refractivity contribution in [3.05, 3.63) is 83.7 Å². The molecule has 1 aliphatic carbocycles. The molecule has 0 radical (unpaired) electrons. The number of amides is 1. The number of benzene rings is 1. The molecule has 0 bridgehead atoms. The first-order valence-corrected chi connectivity index (χ1v) is 13.1. The van der Waals surface area contributed by atoms with Crippen LogP contribution in [-0.4, -0.2) is 43.5 Å². The molecule has 9 nitrogen and oxygen atoms in total. The fourth-order valence-corrected chi connectivity index (χ4v) is 4.84. The summed E-state index contributed by atoms with van der Waals surface area (Å²) in [5.41, 5.74) is 3.57. The van der Waals surface area contributed by atoms with Crippen LogP contribution in [0.3, 0.4) is 0 Å². The number of carbonyl (C=O) groups excluding carboxylic acids is 1. The molecule has 0 saturated heterocycles. The maximum atomic E-state index is 13.5. The summed E-state index contributed by atoms with van der Waals surface area (Å²) in [7, 11) is 1.85. The molecule has 4 heterocycles. The van der Waals surface area contributed by atoms with E-state index in [0.29, 0.717) is 30.3 Å². The number of aryl methyl sites for hydroxylation is 1. The van der Waals surface area contributed by atoms with E-state index in [4.69, 9.17) is 14.2 Å². The van der Waals surface area contributed by atoms with Crippen molar-refractivity contribution in [2.45, 2.75) is 57.5 Å². The van der Waals surface area contributed by atoms with E-state index in [1.165, 1.54) is 0 Å². The molecular formula is C30H31N5O4. The molecule has 200 valence electrons. The van der Waals surface area contributed by atoms with Crippen LogP contribution < -0.4 is 14.8 Å². The number of nitrogens with one attached hydrogen (secondary N) is 1.